The molecule has 1 aromatic heterocycles. The lowest BCUT2D eigenvalue weighted by Gasteiger charge is -2.04. The third-order valence-corrected chi connectivity index (χ3v) is 4.66. The number of methoxy groups -OCH3 is 1. The highest BCUT2D eigenvalue weighted by Gasteiger charge is 2.14. The fourth-order valence-electron chi connectivity index (χ4n) is 2.46. The van der Waals surface area contributed by atoms with Gasteiger partial charge in [-0.05, 0) is 49.7 Å². The molecule has 0 aliphatic heterocycles. The first-order valence-electron chi connectivity index (χ1n) is 7.57. The number of benzene rings is 2. The van der Waals surface area contributed by atoms with Crippen LogP contribution in [0, 0.1) is 13.8 Å². The quantitative estimate of drug-likeness (QED) is 0.751. The molecule has 5 heteroatoms. The van der Waals surface area contributed by atoms with Gasteiger partial charge in [0.15, 0.2) is 5.13 Å². The number of ether oxygens (including phenoxy) is 1. The molecule has 0 fully saturated rings. The summed E-state index contributed by atoms with van der Waals surface area (Å²) in [6, 6.07) is 15.3. The number of amides is 1. The second kappa shape index (κ2) is 6.84. The van der Waals surface area contributed by atoms with Crippen molar-refractivity contribution in [3.05, 3.63) is 64.5 Å². The van der Waals surface area contributed by atoms with E-state index in [4.69, 9.17) is 4.74 Å². The molecule has 0 bridgehead atoms. The Kier molecular flexibility index (Phi) is 4.62. The zero-order valence-electron chi connectivity index (χ0n) is 13.8. The zero-order chi connectivity index (χ0) is 17.1. The van der Waals surface area contributed by atoms with Crippen molar-refractivity contribution in [3.8, 4) is 17.0 Å². The first-order chi connectivity index (χ1) is 11.6. The maximum absolute atomic E-state index is 12.4. The molecule has 0 spiro atoms. The number of carbonyl (C=O) groups excluding carboxylic acids is 1. The maximum Gasteiger partial charge on any atom is 0.257 e. The maximum atomic E-state index is 12.4. The number of hydrogen-bond donors (Lipinski definition) is 1. The Morgan fingerprint density at radius 1 is 1.08 bits per heavy atom. The van der Waals surface area contributed by atoms with Crippen molar-refractivity contribution < 1.29 is 9.53 Å². The Balaban J connectivity index is 1.83. The molecule has 0 saturated carbocycles. The molecule has 1 heterocycles. The van der Waals surface area contributed by atoms with Gasteiger partial charge in [-0.1, -0.05) is 18.2 Å². The molecule has 1 N–H and O–H groups in total. The Morgan fingerprint density at radius 3 is 2.46 bits per heavy atom. The van der Waals surface area contributed by atoms with E-state index in [9.17, 15) is 4.79 Å². The van der Waals surface area contributed by atoms with E-state index in [0.717, 1.165) is 27.4 Å². The number of aryl methyl sites for hydroxylation is 2. The summed E-state index contributed by atoms with van der Waals surface area (Å²) in [5.41, 5.74) is 3.48. The molecule has 24 heavy (non-hydrogen) atoms. The number of anilines is 1. The van der Waals surface area contributed by atoms with Gasteiger partial charge in [-0.2, -0.15) is 0 Å². The number of aromatic nitrogens is 1. The normalized spacial score (nSPS) is 10.5. The standard InChI is InChI=1S/C19H18N2O2S/c1-12-6-4-5-7-16(12)18(22)21-19-20-17(13(2)24-19)14-8-10-15(23-3)11-9-14/h4-11H,1-3H3,(H,20,21,22). The molecule has 0 atom stereocenters. The van der Waals surface area contributed by atoms with Gasteiger partial charge in [-0.25, -0.2) is 4.98 Å². The summed E-state index contributed by atoms with van der Waals surface area (Å²) in [5.74, 6) is 0.669. The van der Waals surface area contributed by atoms with E-state index in [1.54, 1.807) is 7.11 Å². The van der Waals surface area contributed by atoms with Gasteiger partial charge in [-0.15, -0.1) is 11.3 Å². The van der Waals surface area contributed by atoms with Gasteiger partial charge < -0.3 is 4.74 Å². The van der Waals surface area contributed by atoms with Gasteiger partial charge in [0.2, 0.25) is 0 Å². The van der Waals surface area contributed by atoms with Crippen molar-refractivity contribution in [1.82, 2.24) is 4.98 Å². The SMILES string of the molecule is COc1ccc(-c2nc(NC(=O)c3ccccc3C)sc2C)cc1. The molecule has 3 aromatic rings. The highest BCUT2D eigenvalue weighted by atomic mass is 32.1. The number of hydrogen-bond acceptors (Lipinski definition) is 4. The summed E-state index contributed by atoms with van der Waals surface area (Å²) in [4.78, 5) is 18.0. The van der Waals surface area contributed by atoms with Crippen LogP contribution < -0.4 is 10.1 Å². The lowest BCUT2D eigenvalue weighted by Crippen LogP contribution is -2.12. The lowest BCUT2D eigenvalue weighted by molar-refractivity contribution is 0.102. The molecule has 1 amide bonds. The Bertz CT molecular complexity index is 869. The van der Waals surface area contributed by atoms with Crippen molar-refractivity contribution in [3.63, 3.8) is 0 Å². The van der Waals surface area contributed by atoms with Gasteiger partial charge in [0.05, 0.1) is 12.8 Å². The van der Waals surface area contributed by atoms with Crippen LogP contribution in [-0.2, 0) is 0 Å². The van der Waals surface area contributed by atoms with Crippen LogP contribution in [0.25, 0.3) is 11.3 Å². The van der Waals surface area contributed by atoms with E-state index in [2.05, 4.69) is 10.3 Å². The highest BCUT2D eigenvalue weighted by Crippen LogP contribution is 2.31. The van der Waals surface area contributed by atoms with Crippen LogP contribution >= 0.6 is 11.3 Å². The van der Waals surface area contributed by atoms with Crippen LogP contribution in [-0.4, -0.2) is 18.0 Å². The van der Waals surface area contributed by atoms with Crippen LogP contribution in [0.5, 0.6) is 5.75 Å². The molecular weight excluding hydrogens is 320 g/mol. The third-order valence-electron chi connectivity index (χ3n) is 3.77. The van der Waals surface area contributed by atoms with Crippen molar-refractivity contribution in [2.24, 2.45) is 0 Å². The Hall–Kier alpha value is -2.66. The molecule has 0 saturated heterocycles. The first-order valence-corrected chi connectivity index (χ1v) is 8.39. The minimum Gasteiger partial charge on any atom is -0.497 e. The predicted molar refractivity (Wildman–Crippen MR) is 98.0 cm³/mol. The van der Waals surface area contributed by atoms with E-state index >= 15 is 0 Å². The molecule has 0 unspecified atom stereocenters. The fraction of sp³-hybridized carbons (Fsp3) is 0.158. The Labute approximate surface area is 145 Å². The highest BCUT2D eigenvalue weighted by molar-refractivity contribution is 7.16. The second-order valence-electron chi connectivity index (χ2n) is 5.42. The molecule has 122 valence electrons. The minimum absolute atomic E-state index is 0.136. The number of nitrogens with zero attached hydrogens (tertiary/aromatic N) is 1. The van der Waals surface area contributed by atoms with Gasteiger partial charge in [0.25, 0.3) is 5.91 Å². The predicted octanol–water partition coefficient (Wildman–Crippen LogP) is 4.69. The van der Waals surface area contributed by atoms with Crippen LogP contribution in [0.2, 0.25) is 0 Å². The van der Waals surface area contributed by atoms with Crippen molar-refractivity contribution >= 4 is 22.4 Å². The lowest BCUT2D eigenvalue weighted by atomic mass is 10.1. The van der Waals surface area contributed by atoms with Crippen LogP contribution in [0.4, 0.5) is 5.13 Å². The molecule has 0 radical (unpaired) electrons. The molecule has 3 rings (SSSR count). The average Bonchev–Trinajstić information content (AvgIpc) is 2.95. The molecule has 2 aromatic carbocycles. The number of carbonyl (C=O) groups is 1. The fourth-order valence-corrected chi connectivity index (χ4v) is 3.29. The topological polar surface area (TPSA) is 51.2 Å². The molecule has 0 aliphatic rings. The average molecular weight is 338 g/mol. The zero-order valence-corrected chi connectivity index (χ0v) is 14.6. The summed E-state index contributed by atoms with van der Waals surface area (Å²) < 4.78 is 5.18. The van der Waals surface area contributed by atoms with Gasteiger partial charge in [0, 0.05) is 16.0 Å². The minimum atomic E-state index is -0.136. The van der Waals surface area contributed by atoms with E-state index in [0.29, 0.717) is 10.7 Å². The summed E-state index contributed by atoms with van der Waals surface area (Å²) in [6.07, 6.45) is 0. The van der Waals surface area contributed by atoms with Crippen molar-refractivity contribution in [2.75, 3.05) is 12.4 Å². The van der Waals surface area contributed by atoms with Gasteiger partial charge >= 0.3 is 0 Å². The van der Waals surface area contributed by atoms with E-state index in [1.165, 1.54) is 11.3 Å². The number of rotatable bonds is 4. The molecule has 4 nitrogen and oxygen atoms in total. The largest absolute Gasteiger partial charge is 0.497 e. The Morgan fingerprint density at radius 2 is 1.79 bits per heavy atom. The summed E-state index contributed by atoms with van der Waals surface area (Å²) in [7, 11) is 1.64. The van der Waals surface area contributed by atoms with E-state index in [1.807, 2.05) is 62.4 Å². The van der Waals surface area contributed by atoms with E-state index in [-0.39, 0.29) is 5.91 Å². The summed E-state index contributed by atoms with van der Waals surface area (Å²) >= 11 is 1.47. The van der Waals surface area contributed by atoms with E-state index < -0.39 is 0 Å². The van der Waals surface area contributed by atoms with Crippen LogP contribution in [0.15, 0.2) is 48.5 Å². The first kappa shape index (κ1) is 16.2. The van der Waals surface area contributed by atoms with Crippen LogP contribution in [0.3, 0.4) is 0 Å². The van der Waals surface area contributed by atoms with Gasteiger partial charge in [-0.3, -0.25) is 10.1 Å². The monoisotopic (exact) mass is 338 g/mol. The third kappa shape index (κ3) is 3.31. The van der Waals surface area contributed by atoms with Crippen LogP contribution in [0.1, 0.15) is 20.8 Å². The second-order valence-corrected chi connectivity index (χ2v) is 6.62. The summed E-state index contributed by atoms with van der Waals surface area (Å²) in [5, 5.41) is 3.50. The van der Waals surface area contributed by atoms with Crippen molar-refractivity contribution in [1.29, 1.82) is 0 Å². The summed E-state index contributed by atoms with van der Waals surface area (Å²) in [6.45, 7) is 3.92. The number of nitrogens with one attached hydrogen (secondary N) is 1. The van der Waals surface area contributed by atoms with Gasteiger partial charge in [0.1, 0.15) is 5.75 Å². The number of thiazole rings is 1. The molecule has 0 aliphatic carbocycles. The van der Waals surface area contributed by atoms with Crippen molar-refractivity contribution in [2.45, 2.75) is 13.8 Å². The smallest absolute Gasteiger partial charge is 0.257 e. The molecular formula is C19H18N2O2S.